The Hall–Kier alpha value is -1.10. The van der Waals surface area contributed by atoms with Crippen molar-refractivity contribution in [2.45, 2.75) is 315 Å². The lowest BCUT2D eigenvalue weighted by Gasteiger charge is -2.32. The molecule has 0 spiro atoms. The zero-order valence-electron chi connectivity index (χ0n) is 42.1. The average Bonchev–Trinajstić information content (AvgIpc) is 3.22. The third-order valence-electron chi connectivity index (χ3n) is 13.1. The topological polar surface area (TPSA) is 52.6 Å². The fraction of sp³-hybridized carbons (Fsp3) is 0.964. The van der Waals surface area contributed by atoms with Gasteiger partial charge in [-0.15, -0.1) is 0 Å². The van der Waals surface area contributed by atoms with Crippen LogP contribution in [0.3, 0.4) is 0 Å². The van der Waals surface area contributed by atoms with Crippen molar-refractivity contribution >= 4 is 11.9 Å². The van der Waals surface area contributed by atoms with Crippen molar-refractivity contribution in [3.8, 4) is 0 Å². The molecule has 0 saturated carbocycles. The molecule has 0 aliphatic carbocycles. The predicted molar refractivity (Wildman–Crippen MR) is 263 cm³/mol. The lowest BCUT2D eigenvalue weighted by molar-refractivity contribution is -0.887. The molecule has 0 fully saturated rings. The highest BCUT2D eigenvalue weighted by Gasteiger charge is 2.34. The molecule has 1 atom stereocenters. The Kier molecular flexibility index (Phi) is 45.1. The van der Waals surface area contributed by atoms with Gasteiger partial charge in [-0.2, -0.15) is 0 Å². The normalized spacial score (nSPS) is 12.4. The van der Waals surface area contributed by atoms with Gasteiger partial charge in [0.15, 0.2) is 6.04 Å². The Morgan fingerprint density at radius 3 is 0.917 bits per heavy atom. The van der Waals surface area contributed by atoms with Crippen LogP contribution in [0.2, 0.25) is 0 Å². The van der Waals surface area contributed by atoms with E-state index in [2.05, 4.69) is 20.8 Å². The Bertz CT molecular complexity index is 856. The van der Waals surface area contributed by atoms with Crippen LogP contribution in [-0.4, -0.2) is 56.3 Å². The summed E-state index contributed by atoms with van der Waals surface area (Å²) in [6.45, 7) is 7.35. The molecular formula is C55H110NO4+. The van der Waals surface area contributed by atoms with Gasteiger partial charge in [0.05, 0.1) is 34.2 Å². The number of unbranched alkanes of at least 4 members (excludes halogenated alkanes) is 37. The summed E-state index contributed by atoms with van der Waals surface area (Å²) < 4.78 is 12.5. The van der Waals surface area contributed by atoms with Crippen LogP contribution in [0.25, 0.3) is 0 Å². The molecule has 0 aromatic rings. The first-order chi connectivity index (χ1) is 29.3. The van der Waals surface area contributed by atoms with E-state index < -0.39 is 0 Å². The largest absolute Gasteiger partial charge is 0.462 e. The molecule has 0 aromatic heterocycles. The van der Waals surface area contributed by atoms with E-state index >= 15 is 0 Å². The van der Waals surface area contributed by atoms with Gasteiger partial charge in [-0.3, -0.25) is 4.79 Å². The van der Waals surface area contributed by atoms with E-state index in [9.17, 15) is 9.59 Å². The molecule has 5 heteroatoms. The van der Waals surface area contributed by atoms with E-state index in [4.69, 9.17) is 9.47 Å². The van der Waals surface area contributed by atoms with Crippen molar-refractivity contribution in [3.63, 3.8) is 0 Å². The summed E-state index contributed by atoms with van der Waals surface area (Å²) in [5.74, 6) is -0.303. The first kappa shape index (κ1) is 58.9. The molecular weight excluding hydrogens is 739 g/mol. The maximum atomic E-state index is 13.3. The fourth-order valence-corrected chi connectivity index (χ4v) is 8.93. The summed E-state index contributed by atoms with van der Waals surface area (Å²) in [5.41, 5.74) is 0. The van der Waals surface area contributed by atoms with Gasteiger partial charge in [0.1, 0.15) is 6.10 Å². The van der Waals surface area contributed by atoms with Crippen LogP contribution in [0.4, 0.5) is 0 Å². The van der Waals surface area contributed by atoms with Crippen molar-refractivity contribution in [3.05, 3.63) is 0 Å². The van der Waals surface area contributed by atoms with Crippen molar-refractivity contribution < 1.29 is 23.5 Å². The van der Waals surface area contributed by atoms with Crippen molar-refractivity contribution in [2.24, 2.45) is 0 Å². The van der Waals surface area contributed by atoms with Gasteiger partial charge in [-0.25, -0.2) is 4.79 Å². The molecule has 0 aromatic carbocycles. The first-order valence-electron chi connectivity index (χ1n) is 27.4. The summed E-state index contributed by atoms with van der Waals surface area (Å²) in [6, 6.07) is -0.357. The van der Waals surface area contributed by atoms with E-state index in [0.717, 1.165) is 38.5 Å². The van der Waals surface area contributed by atoms with E-state index in [-0.39, 0.29) is 30.5 Å². The summed E-state index contributed by atoms with van der Waals surface area (Å²) in [7, 11) is 6.11. The smallest absolute Gasteiger partial charge is 0.364 e. The number of carbonyl (C=O) groups is 2. The SMILES string of the molecule is CCCCCCCCCCCCCCCCCCOC(=O)[C@H](CCC(=O)OC(CCCCCCCCCCCCCC)CCCCCCCCCCCCCC)[N+](C)(C)C. The van der Waals surface area contributed by atoms with Gasteiger partial charge in [-0.05, 0) is 32.1 Å². The molecule has 0 radical (unpaired) electrons. The second-order valence-electron chi connectivity index (χ2n) is 20.1. The molecule has 0 bridgehead atoms. The molecule has 0 unspecified atom stereocenters. The zero-order valence-corrected chi connectivity index (χ0v) is 42.1. The number of hydrogen-bond donors (Lipinski definition) is 0. The summed E-state index contributed by atoms with van der Waals surface area (Å²) in [6.07, 6.45) is 56.2. The van der Waals surface area contributed by atoms with Crippen LogP contribution in [-0.2, 0) is 19.1 Å². The summed E-state index contributed by atoms with van der Waals surface area (Å²) in [5, 5.41) is 0. The van der Waals surface area contributed by atoms with Gasteiger partial charge in [-0.1, -0.05) is 258 Å². The molecule has 0 aliphatic rings. The van der Waals surface area contributed by atoms with Crippen LogP contribution in [0, 0.1) is 0 Å². The van der Waals surface area contributed by atoms with Crippen LogP contribution >= 0.6 is 0 Å². The van der Waals surface area contributed by atoms with Gasteiger partial charge in [0, 0.05) is 6.42 Å². The lowest BCUT2D eigenvalue weighted by Crippen LogP contribution is -2.50. The minimum atomic E-state index is -0.357. The minimum Gasteiger partial charge on any atom is -0.462 e. The molecule has 0 amide bonds. The average molecular weight is 849 g/mol. The van der Waals surface area contributed by atoms with E-state index in [1.54, 1.807) is 0 Å². The highest BCUT2D eigenvalue weighted by atomic mass is 16.5. The minimum absolute atomic E-state index is 0.00757. The second kappa shape index (κ2) is 45.9. The number of rotatable bonds is 49. The third-order valence-corrected chi connectivity index (χ3v) is 13.1. The number of esters is 2. The van der Waals surface area contributed by atoms with Crippen LogP contribution in [0.1, 0.15) is 303 Å². The predicted octanol–water partition coefficient (Wildman–Crippen LogP) is 17.7. The van der Waals surface area contributed by atoms with Gasteiger partial charge < -0.3 is 14.0 Å². The van der Waals surface area contributed by atoms with E-state index in [1.807, 2.05) is 21.1 Å². The molecule has 0 heterocycles. The van der Waals surface area contributed by atoms with Crippen LogP contribution in [0.15, 0.2) is 0 Å². The number of hydrogen-bond acceptors (Lipinski definition) is 4. The standard InChI is InChI=1S/C55H110NO4/c1-7-10-13-16-19-22-25-28-29-30-31-34-37-40-43-46-51-59-55(58)53(56(4,5)6)49-50-54(57)60-52(47-44-41-38-35-32-26-23-20-17-14-11-8-2)48-45-42-39-36-33-27-24-21-18-15-12-9-3/h52-53H,7-51H2,1-6H3/q+1/t53-/m0/s1. The van der Waals surface area contributed by atoms with Crippen molar-refractivity contribution in [1.29, 1.82) is 0 Å². The number of nitrogens with zero attached hydrogens (tertiary/aromatic N) is 1. The number of carbonyl (C=O) groups excluding carboxylic acids is 2. The molecule has 358 valence electrons. The van der Waals surface area contributed by atoms with Gasteiger partial charge >= 0.3 is 11.9 Å². The highest BCUT2D eigenvalue weighted by molar-refractivity contribution is 5.76. The first-order valence-corrected chi connectivity index (χ1v) is 27.4. The van der Waals surface area contributed by atoms with E-state index in [1.165, 1.54) is 231 Å². The number of quaternary nitrogens is 1. The third kappa shape index (κ3) is 42.2. The van der Waals surface area contributed by atoms with Gasteiger partial charge in [0.2, 0.25) is 0 Å². The quantitative estimate of drug-likeness (QED) is 0.0348. The molecule has 5 nitrogen and oxygen atoms in total. The Morgan fingerprint density at radius 1 is 0.367 bits per heavy atom. The number of likely N-dealkylation sites (N-methyl/N-ethyl adjacent to an activating group) is 1. The second-order valence-corrected chi connectivity index (χ2v) is 20.1. The fourth-order valence-electron chi connectivity index (χ4n) is 8.93. The zero-order chi connectivity index (χ0) is 44.0. The monoisotopic (exact) mass is 849 g/mol. The van der Waals surface area contributed by atoms with Crippen LogP contribution < -0.4 is 0 Å². The van der Waals surface area contributed by atoms with Crippen molar-refractivity contribution in [1.82, 2.24) is 0 Å². The molecule has 0 N–H and O–H groups in total. The number of ether oxygens (including phenoxy) is 2. The van der Waals surface area contributed by atoms with Gasteiger partial charge in [0.25, 0.3) is 0 Å². The van der Waals surface area contributed by atoms with E-state index in [0.29, 0.717) is 17.5 Å². The van der Waals surface area contributed by atoms with Crippen molar-refractivity contribution in [2.75, 3.05) is 27.7 Å². The molecule has 0 saturated heterocycles. The molecule has 60 heavy (non-hydrogen) atoms. The van der Waals surface area contributed by atoms with Crippen LogP contribution in [0.5, 0.6) is 0 Å². The maximum Gasteiger partial charge on any atom is 0.364 e. The summed E-state index contributed by atoms with van der Waals surface area (Å²) >= 11 is 0. The Balaban J connectivity index is 4.48. The Morgan fingerprint density at radius 2 is 0.633 bits per heavy atom. The Labute approximate surface area is 377 Å². The molecule has 0 rings (SSSR count). The maximum absolute atomic E-state index is 13.3. The summed E-state index contributed by atoms with van der Waals surface area (Å²) in [4.78, 5) is 26.6. The highest BCUT2D eigenvalue weighted by Crippen LogP contribution is 2.21. The molecule has 0 aliphatic heterocycles. The lowest BCUT2D eigenvalue weighted by atomic mass is 10.0.